The average Bonchev–Trinajstić information content (AvgIpc) is 3.63. The van der Waals surface area contributed by atoms with Crippen molar-refractivity contribution in [1.29, 1.82) is 0 Å². The van der Waals surface area contributed by atoms with Gasteiger partial charge in [0, 0.05) is 5.41 Å². The first-order chi connectivity index (χ1) is 15.3. The van der Waals surface area contributed by atoms with E-state index < -0.39 is 0 Å². The molecule has 0 bridgehead atoms. The van der Waals surface area contributed by atoms with Crippen molar-refractivity contribution in [2.24, 2.45) is 39.9 Å². The highest BCUT2D eigenvalue weighted by molar-refractivity contribution is 5.83. The standard InChI is InChI=1S/C29H44O4/c1-16(15-21-24(32-21)18(3)30)28-13-12-27(7)19-8-9-22-25(4,5)23(31)10-11-26(22,6)20(19)14-17(2)29(27,28)33-28/h8,16-17,20-24,31H,9-15H2,1-7H3/t16-,17-,20-,21-,22+,23-,24-,26-,27+,28-,29-/m1/s1. The van der Waals surface area contributed by atoms with Crippen molar-refractivity contribution in [2.45, 2.75) is 123 Å². The highest BCUT2D eigenvalue weighted by Gasteiger charge is 2.86. The zero-order chi connectivity index (χ0) is 23.8. The molecule has 2 heterocycles. The highest BCUT2D eigenvalue weighted by Crippen LogP contribution is 2.81. The van der Waals surface area contributed by atoms with E-state index in [1.807, 2.05) is 0 Å². The number of fused-ring (bicyclic) bond motifs is 4. The van der Waals surface area contributed by atoms with Crippen LogP contribution >= 0.6 is 0 Å². The lowest BCUT2D eigenvalue weighted by Crippen LogP contribution is -2.59. The molecule has 3 saturated carbocycles. The van der Waals surface area contributed by atoms with Gasteiger partial charge in [-0.2, -0.15) is 0 Å². The van der Waals surface area contributed by atoms with Gasteiger partial charge in [0.2, 0.25) is 0 Å². The molecule has 2 saturated heterocycles. The molecule has 4 heteroatoms. The average molecular weight is 457 g/mol. The number of allylic oxidation sites excluding steroid dienone is 1. The minimum Gasteiger partial charge on any atom is -0.393 e. The molecule has 5 fully saturated rings. The van der Waals surface area contributed by atoms with Crippen LogP contribution in [0.5, 0.6) is 0 Å². The number of hydrogen-bond donors (Lipinski definition) is 1. The van der Waals surface area contributed by atoms with Crippen molar-refractivity contribution >= 4 is 5.78 Å². The number of rotatable bonds is 4. The Morgan fingerprint density at radius 2 is 1.94 bits per heavy atom. The van der Waals surface area contributed by atoms with Crippen LogP contribution in [-0.2, 0) is 14.3 Å². The lowest BCUT2D eigenvalue weighted by molar-refractivity contribution is -0.131. The van der Waals surface area contributed by atoms with Gasteiger partial charge in [-0.05, 0) is 86.4 Å². The molecule has 184 valence electrons. The number of ketones is 1. The van der Waals surface area contributed by atoms with Crippen LogP contribution in [0.4, 0.5) is 0 Å². The van der Waals surface area contributed by atoms with Crippen molar-refractivity contribution < 1.29 is 19.4 Å². The first-order valence-electron chi connectivity index (χ1n) is 13.6. The van der Waals surface area contributed by atoms with Gasteiger partial charge in [0.1, 0.15) is 17.3 Å². The topological polar surface area (TPSA) is 62.4 Å². The molecule has 2 aliphatic heterocycles. The number of hydrogen-bond acceptors (Lipinski definition) is 4. The molecule has 1 spiro atoms. The van der Waals surface area contributed by atoms with Crippen LogP contribution in [0.25, 0.3) is 0 Å². The Bertz CT molecular complexity index is 923. The Morgan fingerprint density at radius 1 is 1.21 bits per heavy atom. The normalized spacial score (nSPS) is 56.5. The van der Waals surface area contributed by atoms with Crippen molar-refractivity contribution in [3.63, 3.8) is 0 Å². The van der Waals surface area contributed by atoms with E-state index in [-0.39, 0.29) is 51.5 Å². The minimum atomic E-state index is -0.191. The minimum absolute atomic E-state index is 0.0319. The monoisotopic (exact) mass is 456 g/mol. The summed E-state index contributed by atoms with van der Waals surface area (Å²) in [4.78, 5) is 11.7. The van der Waals surface area contributed by atoms with Crippen molar-refractivity contribution in [1.82, 2.24) is 0 Å². The van der Waals surface area contributed by atoms with Gasteiger partial charge in [-0.15, -0.1) is 0 Å². The molecule has 6 aliphatic rings. The summed E-state index contributed by atoms with van der Waals surface area (Å²) >= 11 is 0. The zero-order valence-corrected chi connectivity index (χ0v) is 21.7. The van der Waals surface area contributed by atoms with Gasteiger partial charge in [0.05, 0.1) is 12.2 Å². The number of carbonyl (C=O) groups excluding carboxylic acids is 1. The van der Waals surface area contributed by atoms with E-state index in [4.69, 9.17) is 9.47 Å². The van der Waals surface area contributed by atoms with Gasteiger partial charge in [-0.3, -0.25) is 4.79 Å². The molecule has 0 amide bonds. The van der Waals surface area contributed by atoms with Crippen LogP contribution in [0, 0.1) is 39.9 Å². The van der Waals surface area contributed by atoms with E-state index in [0.29, 0.717) is 23.7 Å². The van der Waals surface area contributed by atoms with Gasteiger partial charge < -0.3 is 14.6 Å². The predicted molar refractivity (Wildman–Crippen MR) is 128 cm³/mol. The molecule has 0 aromatic heterocycles. The molecule has 1 N–H and O–H groups in total. The molecule has 0 unspecified atom stereocenters. The fraction of sp³-hybridized carbons (Fsp3) is 0.897. The Morgan fingerprint density at radius 3 is 2.61 bits per heavy atom. The van der Waals surface area contributed by atoms with E-state index in [2.05, 4.69) is 47.6 Å². The molecule has 6 rings (SSSR count). The maximum atomic E-state index is 11.7. The highest BCUT2D eigenvalue weighted by atomic mass is 16.6. The molecule has 0 radical (unpaired) electrons. The first-order valence-corrected chi connectivity index (χ1v) is 13.6. The summed E-state index contributed by atoms with van der Waals surface area (Å²) in [6.45, 7) is 16.1. The summed E-state index contributed by atoms with van der Waals surface area (Å²) < 4.78 is 12.7. The molecule has 4 aliphatic carbocycles. The van der Waals surface area contributed by atoms with Crippen LogP contribution in [0.1, 0.15) is 93.4 Å². The fourth-order valence-electron chi connectivity index (χ4n) is 10.4. The lowest BCUT2D eigenvalue weighted by Gasteiger charge is -2.63. The van der Waals surface area contributed by atoms with Crippen LogP contribution < -0.4 is 0 Å². The summed E-state index contributed by atoms with van der Waals surface area (Å²) in [5, 5.41) is 10.8. The second kappa shape index (κ2) is 6.53. The van der Waals surface area contributed by atoms with Crippen LogP contribution in [0.2, 0.25) is 0 Å². The number of epoxide rings is 2. The summed E-state index contributed by atoms with van der Waals surface area (Å²) in [5.74, 6) is 2.22. The van der Waals surface area contributed by atoms with Gasteiger partial charge >= 0.3 is 0 Å². The van der Waals surface area contributed by atoms with E-state index in [1.54, 1.807) is 12.5 Å². The SMILES string of the molecule is CC(=O)[C@H]1O[C@@H]1C[C@@H](C)[C@]12CC[C@@]3(C)C4=CC[C@H]5C(C)(C)[C@H](O)CC[C@]5(C)[C@@H]4C[C@@H](C)[C@@]31O2. The van der Waals surface area contributed by atoms with E-state index >= 15 is 0 Å². The van der Waals surface area contributed by atoms with Crippen LogP contribution in [-0.4, -0.2) is 40.4 Å². The Kier molecular flexibility index (Phi) is 4.50. The number of aliphatic hydroxyl groups is 1. The van der Waals surface area contributed by atoms with Crippen molar-refractivity contribution in [3.8, 4) is 0 Å². The molecule has 11 atom stereocenters. The Labute approximate surface area is 199 Å². The number of carbonyl (C=O) groups is 1. The molecular formula is C29H44O4. The summed E-state index contributed by atoms with van der Waals surface area (Å²) in [5.41, 5.74) is 1.89. The van der Waals surface area contributed by atoms with Gasteiger partial charge in [0.25, 0.3) is 0 Å². The molecular weight excluding hydrogens is 412 g/mol. The number of aliphatic hydroxyl groups excluding tert-OH is 1. The summed E-state index contributed by atoms with van der Waals surface area (Å²) in [6, 6.07) is 0. The van der Waals surface area contributed by atoms with Crippen molar-refractivity contribution in [2.75, 3.05) is 0 Å². The van der Waals surface area contributed by atoms with E-state index in [0.717, 1.165) is 32.1 Å². The third-order valence-electron chi connectivity index (χ3n) is 12.3. The van der Waals surface area contributed by atoms with Crippen molar-refractivity contribution in [3.05, 3.63) is 11.6 Å². The summed E-state index contributed by atoms with van der Waals surface area (Å²) in [6.07, 6.45) is 9.94. The zero-order valence-electron chi connectivity index (χ0n) is 21.7. The van der Waals surface area contributed by atoms with Crippen LogP contribution in [0.15, 0.2) is 11.6 Å². The number of Topliss-reactive ketones (excluding diaryl/α,β-unsaturated/α-hetero) is 1. The second-order valence-corrected chi connectivity index (χ2v) is 13.9. The second-order valence-electron chi connectivity index (χ2n) is 13.9. The third kappa shape index (κ3) is 2.52. The van der Waals surface area contributed by atoms with Crippen LogP contribution in [0.3, 0.4) is 0 Å². The van der Waals surface area contributed by atoms with E-state index in [1.165, 1.54) is 12.8 Å². The maximum absolute atomic E-state index is 11.7. The maximum Gasteiger partial charge on any atom is 0.161 e. The Hall–Kier alpha value is -0.710. The summed E-state index contributed by atoms with van der Waals surface area (Å²) in [7, 11) is 0. The predicted octanol–water partition coefficient (Wildman–Crippen LogP) is 5.47. The molecule has 0 aromatic rings. The Balaban J connectivity index is 1.32. The molecule has 33 heavy (non-hydrogen) atoms. The number of ether oxygens (including phenoxy) is 2. The van der Waals surface area contributed by atoms with Gasteiger partial charge in [-0.1, -0.05) is 53.2 Å². The molecule has 4 nitrogen and oxygen atoms in total. The largest absolute Gasteiger partial charge is 0.393 e. The third-order valence-corrected chi connectivity index (χ3v) is 12.3. The smallest absolute Gasteiger partial charge is 0.161 e. The first kappa shape index (κ1) is 22.7. The fourth-order valence-corrected chi connectivity index (χ4v) is 10.4. The molecule has 0 aromatic carbocycles. The van der Waals surface area contributed by atoms with Gasteiger partial charge in [-0.25, -0.2) is 0 Å². The van der Waals surface area contributed by atoms with Gasteiger partial charge in [0.15, 0.2) is 5.78 Å². The van der Waals surface area contributed by atoms with E-state index in [9.17, 15) is 9.90 Å². The quantitative estimate of drug-likeness (QED) is 0.450. The lowest BCUT2D eigenvalue weighted by atomic mass is 9.42.